The molecule has 1 aromatic heterocycles. The van der Waals surface area contributed by atoms with Gasteiger partial charge in [0.05, 0.1) is 0 Å². The van der Waals surface area contributed by atoms with E-state index < -0.39 is 0 Å². The molecule has 0 bridgehead atoms. The fraction of sp³-hybridized carbons (Fsp3) is 0.733. The molecular weight excluding hydrogens is 252 g/mol. The Morgan fingerprint density at radius 1 is 1.40 bits per heavy atom. The van der Waals surface area contributed by atoms with Gasteiger partial charge in [-0.05, 0) is 50.8 Å². The van der Waals surface area contributed by atoms with Crippen molar-refractivity contribution in [2.24, 2.45) is 5.92 Å². The summed E-state index contributed by atoms with van der Waals surface area (Å²) in [6, 6.07) is 1.90. The Morgan fingerprint density at radius 2 is 2.15 bits per heavy atom. The minimum absolute atomic E-state index is 0.0569. The van der Waals surface area contributed by atoms with E-state index in [4.69, 9.17) is 0 Å². The Balaban J connectivity index is 1.40. The van der Waals surface area contributed by atoms with Crippen LogP contribution in [0.1, 0.15) is 54.7 Å². The van der Waals surface area contributed by atoms with E-state index in [0.717, 1.165) is 31.2 Å². The lowest BCUT2D eigenvalue weighted by Gasteiger charge is -2.30. The maximum absolute atomic E-state index is 12.0. The van der Waals surface area contributed by atoms with E-state index in [1.807, 2.05) is 6.07 Å². The Bertz CT molecular complexity index is 458. The third kappa shape index (κ3) is 3.39. The summed E-state index contributed by atoms with van der Waals surface area (Å²) in [5.41, 5.74) is 1.64. The first-order valence-electron chi connectivity index (χ1n) is 7.78. The van der Waals surface area contributed by atoms with Crippen molar-refractivity contribution in [1.29, 1.82) is 0 Å². The van der Waals surface area contributed by atoms with Crippen molar-refractivity contribution in [2.45, 2.75) is 38.5 Å². The van der Waals surface area contributed by atoms with Crippen LogP contribution in [0.4, 0.5) is 0 Å². The summed E-state index contributed by atoms with van der Waals surface area (Å²) in [7, 11) is 0. The normalized spacial score (nSPS) is 21.1. The van der Waals surface area contributed by atoms with Crippen molar-refractivity contribution in [2.75, 3.05) is 26.2 Å². The third-order valence-corrected chi connectivity index (χ3v) is 4.44. The summed E-state index contributed by atoms with van der Waals surface area (Å²) in [5.74, 6) is 1.41. The SMILES string of the molecule is CC1CCN(CCNC(=O)c2cc(C3CC3)[nH]n2)CC1. The second-order valence-corrected chi connectivity index (χ2v) is 6.26. The van der Waals surface area contributed by atoms with Crippen LogP contribution in [0.2, 0.25) is 0 Å². The number of aromatic amines is 1. The standard InChI is InChI=1S/C15H24N4O/c1-11-4-7-19(8-5-11)9-6-16-15(20)14-10-13(17-18-14)12-2-3-12/h10-12H,2-9H2,1H3,(H,16,20)(H,17,18). The quantitative estimate of drug-likeness (QED) is 0.861. The van der Waals surface area contributed by atoms with Crippen LogP contribution in [-0.4, -0.2) is 47.2 Å². The number of nitrogens with zero attached hydrogens (tertiary/aromatic N) is 2. The predicted molar refractivity (Wildman–Crippen MR) is 77.7 cm³/mol. The number of nitrogens with one attached hydrogen (secondary N) is 2. The lowest BCUT2D eigenvalue weighted by atomic mass is 9.99. The molecule has 0 radical (unpaired) electrons. The fourth-order valence-corrected chi connectivity index (χ4v) is 2.76. The third-order valence-electron chi connectivity index (χ3n) is 4.44. The van der Waals surface area contributed by atoms with Crippen molar-refractivity contribution < 1.29 is 4.79 Å². The molecule has 0 unspecified atom stereocenters. The van der Waals surface area contributed by atoms with E-state index in [-0.39, 0.29) is 5.91 Å². The average molecular weight is 276 g/mol. The van der Waals surface area contributed by atoms with E-state index in [9.17, 15) is 4.79 Å². The predicted octanol–water partition coefficient (Wildman–Crippen LogP) is 1.75. The number of likely N-dealkylation sites (tertiary alicyclic amines) is 1. The molecule has 1 amide bonds. The Morgan fingerprint density at radius 3 is 2.85 bits per heavy atom. The maximum atomic E-state index is 12.0. The lowest BCUT2D eigenvalue weighted by molar-refractivity contribution is 0.0939. The molecule has 1 aromatic rings. The first kappa shape index (κ1) is 13.6. The van der Waals surface area contributed by atoms with Crippen LogP contribution < -0.4 is 5.32 Å². The number of hydrogen-bond acceptors (Lipinski definition) is 3. The van der Waals surface area contributed by atoms with E-state index in [1.54, 1.807) is 0 Å². The molecule has 0 aromatic carbocycles. The Hall–Kier alpha value is -1.36. The average Bonchev–Trinajstić information content (AvgIpc) is 3.18. The molecule has 1 saturated carbocycles. The van der Waals surface area contributed by atoms with Gasteiger partial charge in [0, 0.05) is 24.7 Å². The van der Waals surface area contributed by atoms with Crippen LogP contribution in [0, 0.1) is 5.92 Å². The molecule has 110 valence electrons. The van der Waals surface area contributed by atoms with Crippen LogP contribution in [0.15, 0.2) is 6.07 Å². The molecule has 5 heteroatoms. The minimum atomic E-state index is -0.0569. The zero-order valence-electron chi connectivity index (χ0n) is 12.2. The molecule has 1 saturated heterocycles. The van der Waals surface area contributed by atoms with Crippen molar-refractivity contribution in [3.8, 4) is 0 Å². The van der Waals surface area contributed by atoms with Gasteiger partial charge in [-0.1, -0.05) is 6.92 Å². The summed E-state index contributed by atoms with van der Waals surface area (Å²) in [5, 5.41) is 10.0. The smallest absolute Gasteiger partial charge is 0.271 e. The van der Waals surface area contributed by atoms with Gasteiger partial charge in [0.1, 0.15) is 5.69 Å². The number of aromatic nitrogens is 2. The second kappa shape index (κ2) is 5.95. The number of amides is 1. The molecule has 1 aliphatic carbocycles. The van der Waals surface area contributed by atoms with E-state index >= 15 is 0 Å². The van der Waals surface area contributed by atoms with Gasteiger partial charge >= 0.3 is 0 Å². The number of carbonyl (C=O) groups is 1. The van der Waals surface area contributed by atoms with Gasteiger partial charge in [-0.3, -0.25) is 9.89 Å². The van der Waals surface area contributed by atoms with Gasteiger partial charge in [-0.15, -0.1) is 0 Å². The number of piperidine rings is 1. The van der Waals surface area contributed by atoms with E-state index in [2.05, 4.69) is 27.3 Å². The first-order chi connectivity index (χ1) is 9.72. The summed E-state index contributed by atoms with van der Waals surface area (Å²) >= 11 is 0. The highest BCUT2D eigenvalue weighted by Crippen LogP contribution is 2.38. The minimum Gasteiger partial charge on any atom is -0.349 e. The highest BCUT2D eigenvalue weighted by atomic mass is 16.1. The second-order valence-electron chi connectivity index (χ2n) is 6.26. The zero-order chi connectivity index (χ0) is 13.9. The molecule has 0 atom stereocenters. The van der Waals surface area contributed by atoms with E-state index in [0.29, 0.717) is 18.2 Å². The van der Waals surface area contributed by atoms with Crippen molar-refractivity contribution >= 4 is 5.91 Å². The van der Waals surface area contributed by atoms with Gasteiger partial charge in [0.15, 0.2) is 0 Å². The Kier molecular flexibility index (Phi) is 4.05. The van der Waals surface area contributed by atoms with Gasteiger partial charge in [0.2, 0.25) is 0 Å². The topological polar surface area (TPSA) is 61.0 Å². The molecular formula is C15H24N4O. The molecule has 3 rings (SSSR count). The molecule has 2 aliphatic rings. The maximum Gasteiger partial charge on any atom is 0.271 e. The summed E-state index contributed by atoms with van der Waals surface area (Å²) in [6.45, 7) is 6.28. The molecule has 20 heavy (non-hydrogen) atoms. The monoisotopic (exact) mass is 276 g/mol. The number of H-pyrrole nitrogens is 1. The molecule has 0 spiro atoms. The molecule has 2 fully saturated rings. The summed E-state index contributed by atoms with van der Waals surface area (Å²) in [4.78, 5) is 14.4. The highest BCUT2D eigenvalue weighted by molar-refractivity contribution is 5.92. The van der Waals surface area contributed by atoms with Gasteiger partial charge in [0.25, 0.3) is 5.91 Å². The number of carbonyl (C=O) groups excluding carboxylic acids is 1. The molecule has 1 aliphatic heterocycles. The van der Waals surface area contributed by atoms with Crippen LogP contribution >= 0.6 is 0 Å². The molecule has 2 N–H and O–H groups in total. The van der Waals surface area contributed by atoms with Gasteiger partial charge < -0.3 is 10.2 Å². The highest BCUT2D eigenvalue weighted by Gasteiger charge is 2.26. The van der Waals surface area contributed by atoms with Crippen LogP contribution in [0.5, 0.6) is 0 Å². The van der Waals surface area contributed by atoms with Crippen LogP contribution in [0.3, 0.4) is 0 Å². The Labute approximate surface area is 120 Å². The van der Waals surface area contributed by atoms with Gasteiger partial charge in [-0.25, -0.2) is 0 Å². The van der Waals surface area contributed by atoms with Crippen molar-refractivity contribution in [3.05, 3.63) is 17.5 Å². The van der Waals surface area contributed by atoms with Crippen LogP contribution in [0.25, 0.3) is 0 Å². The number of hydrogen-bond donors (Lipinski definition) is 2. The molecule has 5 nitrogen and oxygen atoms in total. The van der Waals surface area contributed by atoms with Crippen molar-refractivity contribution in [1.82, 2.24) is 20.4 Å². The summed E-state index contributed by atoms with van der Waals surface area (Å²) in [6.07, 6.45) is 4.99. The number of rotatable bonds is 5. The zero-order valence-corrected chi connectivity index (χ0v) is 12.2. The summed E-state index contributed by atoms with van der Waals surface area (Å²) < 4.78 is 0. The van der Waals surface area contributed by atoms with Crippen LogP contribution in [-0.2, 0) is 0 Å². The lowest BCUT2D eigenvalue weighted by Crippen LogP contribution is -2.39. The van der Waals surface area contributed by atoms with Gasteiger partial charge in [-0.2, -0.15) is 5.10 Å². The van der Waals surface area contributed by atoms with Crippen molar-refractivity contribution in [3.63, 3.8) is 0 Å². The van der Waals surface area contributed by atoms with E-state index in [1.165, 1.54) is 25.7 Å². The molecule has 2 heterocycles. The fourth-order valence-electron chi connectivity index (χ4n) is 2.76. The largest absolute Gasteiger partial charge is 0.349 e. The first-order valence-corrected chi connectivity index (χ1v) is 7.78.